The van der Waals surface area contributed by atoms with Gasteiger partial charge in [0, 0.05) is 12.4 Å². The molecule has 0 rings (SSSR count). The Morgan fingerprint density at radius 2 is 1.53 bits per heavy atom. The Hall–Kier alpha value is 0.810. The largest absolute Gasteiger partial charge is 1.00 e. The summed E-state index contributed by atoms with van der Waals surface area (Å²) in [6.45, 7) is 0. The summed E-state index contributed by atoms with van der Waals surface area (Å²) in [6.07, 6.45) is -1.33. The van der Waals surface area contributed by atoms with Crippen LogP contribution in [-0.4, -0.2) is 35.6 Å². The molecule has 8 nitrogen and oxygen atoms in total. The zero-order valence-electron chi connectivity index (χ0n) is 8.09. The molecule has 78 valence electrons. The Bertz CT molecular complexity index is 298. The molecule has 0 amide bonds. The number of hydrogen-bond donors (Lipinski definition) is 1. The number of carboxylic acid groups (broad SMARTS) is 2. The third-order valence-electron chi connectivity index (χ3n) is 0.975. The Morgan fingerprint density at radius 3 is 1.60 bits per heavy atom. The second-order valence-corrected chi connectivity index (χ2v) is 3.50. The first-order chi connectivity index (χ1) is 5.25. The third-order valence-corrected chi connectivity index (χ3v) is 2.05. The molecule has 0 radical (unpaired) electrons. The van der Waals surface area contributed by atoms with Crippen LogP contribution in [-0.2, 0) is 19.7 Å². The molecule has 0 aromatic heterocycles. The first-order valence-corrected chi connectivity index (χ1v) is 4.12. The smallest absolute Gasteiger partial charge is 0.550 e. The molecule has 0 saturated heterocycles. The van der Waals surface area contributed by atoms with Crippen molar-refractivity contribution in [2.45, 2.75) is 11.7 Å². The summed E-state index contributed by atoms with van der Waals surface area (Å²) in [5.41, 5.74) is 0. The molecule has 0 aliphatic rings. The van der Waals surface area contributed by atoms with Gasteiger partial charge in [-0.15, -0.1) is 0 Å². The number of carboxylic acids is 2. The van der Waals surface area contributed by atoms with Crippen molar-refractivity contribution in [1.29, 1.82) is 0 Å². The van der Waals surface area contributed by atoms with Gasteiger partial charge in [0.1, 0.15) is 5.25 Å². The van der Waals surface area contributed by atoms with E-state index in [1.54, 1.807) is 0 Å². The van der Waals surface area contributed by atoms with E-state index in [2.05, 4.69) is 0 Å². The summed E-state index contributed by atoms with van der Waals surface area (Å²) >= 11 is 0. The minimum atomic E-state index is -4.94. The van der Waals surface area contributed by atoms with Crippen LogP contribution in [0.3, 0.4) is 0 Å². The van der Waals surface area contributed by atoms with Gasteiger partial charge in [0.15, 0.2) is 0 Å². The van der Waals surface area contributed by atoms with Crippen molar-refractivity contribution in [2.24, 2.45) is 0 Å². The minimum Gasteiger partial charge on any atom is -0.550 e. The van der Waals surface area contributed by atoms with Crippen LogP contribution in [0.4, 0.5) is 0 Å². The van der Waals surface area contributed by atoms with Crippen LogP contribution in [0.1, 0.15) is 6.42 Å². The van der Waals surface area contributed by atoms with Gasteiger partial charge < -0.3 is 25.3 Å². The van der Waals surface area contributed by atoms with Crippen molar-refractivity contribution in [1.82, 2.24) is 0 Å². The molecule has 1 atom stereocenters. The second kappa shape index (κ2) is 10.00. The fraction of sp³-hybridized carbons (Fsp3) is 0.500. The van der Waals surface area contributed by atoms with Crippen molar-refractivity contribution in [2.75, 3.05) is 0 Å². The molecule has 1 unspecified atom stereocenters. The average Bonchev–Trinajstić information content (AvgIpc) is 1.79. The third kappa shape index (κ3) is 11.1. The molecule has 0 spiro atoms. The van der Waals surface area contributed by atoms with E-state index in [0.717, 1.165) is 0 Å². The molecule has 0 aliphatic carbocycles. The number of carbonyl (C=O) groups excluding carboxylic acids is 2. The van der Waals surface area contributed by atoms with Gasteiger partial charge in [-0.1, -0.05) is 0 Å². The van der Waals surface area contributed by atoms with E-state index in [4.69, 9.17) is 4.55 Å². The molecule has 0 aromatic carbocycles. The fourth-order valence-electron chi connectivity index (χ4n) is 0.462. The first-order valence-electron chi connectivity index (χ1n) is 2.62. The van der Waals surface area contributed by atoms with Crippen LogP contribution < -0.4 is 69.3 Å². The van der Waals surface area contributed by atoms with E-state index >= 15 is 0 Å². The maximum absolute atomic E-state index is 10.2. The molecule has 0 aliphatic heterocycles. The van der Waals surface area contributed by atoms with Crippen LogP contribution in [0.5, 0.6) is 0 Å². The summed E-state index contributed by atoms with van der Waals surface area (Å²) in [4.78, 5) is 19.7. The monoisotopic (exact) mass is 260 g/mol. The normalized spacial score (nSPS) is 11.0. The first kappa shape index (κ1) is 24.9. The van der Waals surface area contributed by atoms with E-state index < -0.39 is 33.7 Å². The SMILES string of the molecule is O.O=C([O-])CC(C(=O)[O-])S(=O)(=O)O.[Na+].[Na+]. The molecule has 11 heteroatoms. The topological polar surface area (TPSA) is 166 Å². The minimum absolute atomic E-state index is 0. The summed E-state index contributed by atoms with van der Waals surface area (Å²) in [6, 6.07) is 0. The van der Waals surface area contributed by atoms with Gasteiger partial charge in [0.25, 0.3) is 10.1 Å². The van der Waals surface area contributed by atoms with Crippen molar-refractivity contribution in [3.63, 3.8) is 0 Å². The summed E-state index contributed by atoms with van der Waals surface area (Å²) < 4.78 is 28.5. The Morgan fingerprint density at radius 1 is 1.20 bits per heavy atom. The van der Waals surface area contributed by atoms with Crippen molar-refractivity contribution >= 4 is 22.1 Å². The number of rotatable bonds is 4. The second-order valence-electron chi connectivity index (χ2n) is 1.90. The molecule has 3 N–H and O–H groups in total. The molecule has 15 heavy (non-hydrogen) atoms. The van der Waals surface area contributed by atoms with Gasteiger partial charge in [0.05, 0.1) is 5.97 Å². The van der Waals surface area contributed by atoms with Crippen LogP contribution in [0, 0.1) is 0 Å². The summed E-state index contributed by atoms with van der Waals surface area (Å²) in [5.74, 6) is -4.08. The number of hydrogen-bond acceptors (Lipinski definition) is 6. The van der Waals surface area contributed by atoms with Crippen LogP contribution >= 0.6 is 0 Å². The Kier molecular flexibility index (Phi) is 16.6. The molecule has 0 heterocycles. The van der Waals surface area contributed by atoms with Gasteiger partial charge in [-0.2, -0.15) is 8.42 Å². The number of aliphatic carboxylic acids is 2. The molecular weight excluding hydrogens is 254 g/mol. The van der Waals surface area contributed by atoms with E-state index in [0.29, 0.717) is 0 Å². The van der Waals surface area contributed by atoms with Crippen LogP contribution in [0.25, 0.3) is 0 Å². The van der Waals surface area contributed by atoms with Gasteiger partial charge >= 0.3 is 59.1 Å². The maximum atomic E-state index is 10.2. The van der Waals surface area contributed by atoms with E-state index in [1.165, 1.54) is 0 Å². The predicted octanol–water partition coefficient (Wildman–Crippen LogP) is -10.7. The summed E-state index contributed by atoms with van der Waals surface area (Å²) in [7, 11) is -4.94. The average molecular weight is 260 g/mol. The molecule has 0 fully saturated rings. The van der Waals surface area contributed by atoms with Crippen molar-refractivity contribution in [3.05, 3.63) is 0 Å². The molecular formula is C4H6Na2O8S. The zero-order chi connectivity index (χ0) is 9.94. The van der Waals surface area contributed by atoms with E-state index in [1.807, 2.05) is 0 Å². The van der Waals surface area contributed by atoms with Gasteiger partial charge in [-0.25, -0.2) is 0 Å². The molecule has 0 saturated carbocycles. The van der Waals surface area contributed by atoms with E-state index in [-0.39, 0.29) is 64.6 Å². The fourth-order valence-corrected chi connectivity index (χ4v) is 1.05. The maximum Gasteiger partial charge on any atom is 1.00 e. The Balaban J connectivity index is -0.000000202. The number of carbonyl (C=O) groups is 2. The van der Waals surface area contributed by atoms with Gasteiger partial charge in [-0.05, 0) is 0 Å². The zero-order valence-corrected chi connectivity index (χ0v) is 12.9. The van der Waals surface area contributed by atoms with Crippen molar-refractivity contribution < 1.29 is 97.4 Å². The van der Waals surface area contributed by atoms with Crippen molar-refractivity contribution in [3.8, 4) is 0 Å². The van der Waals surface area contributed by atoms with Gasteiger partial charge in [-0.3, -0.25) is 4.55 Å². The standard InChI is InChI=1S/C4H6O7S.2Na.H2O/c5-3(6)1-2(4(7)8)12(9,10)11;;;/h2H,1H2,(H,5,6)(H,7,8)(H,9,10,11);;;1H2/q;2*+1;/p-2. The predicted molar refractivity (Wildman–Crippen MR) is 33.6 cm³/mol. The Labute approximate surface area is 130 Å². The summed E-state index contributed by atoms with van der Waals surface area (Å²) in [5, 5.41) is 17.3. The van der Waals surface area contributed by atoms with Gasteiger partial charge in [0.2, 0.25) is 0 Å². The molecule has 0 bridgehead atoms. The molecule has 0 aromatic rings. The van der Waals surface area contributed by atoms with Crippen LogP contribution in [0.15, 0.2) is 0 Å². The van der Waals surface area contributed by atoms with Crippen LogP contribution in [0.2, 0.25) is 0 Å². The van der Waals surface area contributed by atoms with E-state index in [9.17, 15) is 28.2 Å². The quantitative estimate of drug-likeness (QED) is 0.386.